The van der Waals surface area contributed by atoms with Gasteiger partial charge in [-0.3, -0.25) is 9.69 Å². The van der Waals surface area contributed by atoms with Crippen molar-refractivity contribution in [1.82, 2.24) is 4.90 Å². The van der Waals surface area contributed by atoms with Crippen molar-refractivity contribution in [3.8, 4) is 11.5 Å². The largest absolute Gasteiger partial charge is 0.507 e. The Labute approximate surface area is 178 Å². The molecular formula is C22H24BrNO5. The minimum Gasteiger partial charge on any atom is -0.507 e. The van der Waals surface area contributed by atoms with Gasteiger partial charge in [-0.1, -0.05) is 34.1 Å². The number of aromatic hydroxyl groups is 1. The van der Waals surface area contributed by atoms with Gasteiger partial charge in [-0.15, -0.1) is 0 Å². The monoisotopic (exact) mass is 461 g/mol. The van der Waals surface area contributed by atoms with Crippen LogP contribution in [0.25, 0.3) is 6.08 Å². The molecule has 1 fully saturated rings. The number of hydrogen-bond acceptors (Lipinski definition) is 6. The molecule has 2 aromatic carbocycles. The second-order valence-electron chi connectivity index (χ2n) is 6.74. The van der Waals surface area contributed by atoms with Crippen molar-refractivity contribution >= 4 is 27.8 Å². The molecule has 0 aromatic heterocycles. The molecule has 1 saturated heterocycles. The molecule has 1 heterocycles. The minimum atomic E-state index is -0.366. The normalized spacial score (nSPS) is 15.0. The van der Waals surface area contributed by atoms with Crippen molar-refractivity contribution in [3.63, 3.8) is 0 Å². The number of carbonyl (C=O) groups is 1. The zero-order valence-corrected chi connectivity index (χ0v) is 17.8. The van der Waals surface area contributed by atoms with Crippen LogP contribution in [0.5, 0.6) is 11.5 Å². The quantitative estimate of drug-likeness (QED) is 0.485. The van der Waals surface area contributed by atoms with Gasteiger partial charge in [0.25, 0.3) is 0 Å². The lowest BCUT2D eigenvalue weighted by atomic mass is 9.97. The van der Waals surface area contributed by atoms with E-state index < -0.39 is 0 Å². The molecular weight excluding hydrogens is 438 g/mol. The van der Waals surface area contributed by atoms with Crippen LogP contribution in [0.4, 0.5) is 0 Å². The van der Waals surface area contributed by atoms with E-state index in [4.69, 9.17) is 9.47 Å². The number of ketones is 1. The maximum atomic E-state index is 12.9. The summed E-state index contributed by atoms with van der Waals surface area (Å²) >= 11 is 3.38. The fourth-order valence-corrected chi connectivity index (χ4v) is 3.53. The number of hydrogen-bond donors (Lipinski definition) is 2. The van der Waals surface area contributed by atoms with E-state index in [2.05, 4.69) is 20.8 Å². The molecule has 154 valence electrons. The van der Waals surface area contributed by atoms with Crippen LogP contribution in [0.3, 0.4) is 0 Å². The van der Waals surface area contributed by atoms with Crippen LogP contribution in [0.2, 0.25) is 0 Å². The Morgan fingerprint density at radius 1 is 1.28 bits per heavy atom. The first-order valence-electron chi connectivity index (χ1n) is 9.34. The lowest BCUT2D eigenvalue weighted by Crippen LogP contribution is -2.36. The van der Waals surface area contributed by atoms with Gasteiger partial charge < -0.3 is 19.7 Å². The van der Waals surface area contributed by atoms with Crippen LogP contribution in [0.1, 0.15) is 27.0 Å². The first kappa shape index (κ1) is 21.5. The molecule has 0 bridgehead atoms. The van der Waals surface area contributed by atoms with Crippen LogP contribution in [-0.4, -0.2) is 54.3 Å². The van der Waals surface area contributed by atoms with Crippen molar-refractivity contribution < 1.29 is 24.5 Å². The van der Waals surface area contributed by atoms with Crippen molar-refractivity contribution in [1.29, 1.82) is 0 Å². The minimum absolute atomic E-state index is 0.0984. The summed E-state index contributed by atoms with van der Waals surface area (Å²) in [6.07, 6.45) is 3.10. The van der Waals surface area contributed by atoms with E-state index >= 15 is 0 Å². The highest BCUT2D eigenvalue weighted by atomic mass is 79.9. The molecule has 0 radical (unpaired) electrons. The number of phenolic OH excluding ortho intramolecular Hbond substituents is 1. The van der Waals surface area contributed by atoms with E-state index in [9.17, 15) is 15.0 Å². The molecule has 0 spiro atoms. The van der Waals surface area contributed by atoms with Gasteiger partial charge in [-0.25, -0.2) is 0 Å². The number of benzene rings is 2. The Balaban J connectivity index is 1.94. The number of ether oxygens (including phenoxy) is 2. The maximum Gasteiger partial charge on any atom is 0.193 e. The van der Waals surface area contributed by atoms with E-state index in [1.54, 1.807) is 12.1 Å². The van der Waals surface area contributed by atoms with Gasteiger partial charge in [0.15, 0.2) is 5.78 Å². The topological polar surface area (TPSA) is 79.2 Å². The molecule has 1 aliphatic rings. The number of carbonyl (C=O) groups excluding carboxylic acids is 1. The third kappa shape index (κ3) is 5.25. The van der Waals surface area contributed by atoms with Crippen molar-refractivity contribution in [3.05, 3.63) is 63.1 Å². The van der Waals surface area contributed by atoms with Gasteiger partial charge in [0.05, 0.1) is 26.9 Å². The number of methoxy groups -OCH3 is 1. The molecule has 29 heavy (non-hydrogen) atoms. The van der Waals surface area contributed by atoms with Gasteiger partial charge in [0.2, 0.25) is 0 Å². The maximum absolute atomic E-state index is 12.9. The Hall–Kier alpha value is -2.19. The summed E-state index contributed by atoms with van der Waals surface area (Å²) in [5, 5.41) is 20.7. The Kier molecular flexibility index (Phi) is 7.44. The molecule has 3 rings (SSSR count). The summed E-state index contributed by atoms with van der Waals surface area (Å²) in [5.74, 6) is -0.275. The lowest BCUT2D eigenvalue weighted by Gasteiger charge is -2.28. The van der Waals surface area contributed by atoms with Gasteiger partial charge in [0.1, 0.15) is 17.1 Å². The summed E-state index contributed by atoms with van der Waals surface area (Å²) in [6, 6.07) is 9.15. The van der Waals surface area contributed by atoms with Gasteiger partial charge in [-0.2, -0.15) is 0 Å². The molecule has 6 nitrogen and oxygen atoms in total. The fourth-order valence-electron chi connectivity index (χ4n) is 3.27. The highest BCUT2D eigenvalue weighted by Gasteiger charge is 2.24. The van der Waals surface area contributed by atoms with Crippen molar-refractivity contribution in [2.45, 2.75) is 13.2 Å². The SMILES string of the molecule is COc1cc(CO)c(CN2CCOCC2)c(O)c1C(=O)C=Cc1ccc(Br)cc1. The molecule has 0 aliphatic carbocycles. The number of nitrogens with zero attached hydrogens (tertiary/aromatic N) is 1. The Bertz CT molecular complexity index is 889. The second kappa shape index (κ2) is 10.0. The smallest absolute Gasteiger partial charge is 0.193 e. The fraction of sp³-hybridized carbons (Fsp3) is 0.318. The standard InChI is InChI=1S/C22H24BrNO5/c1-28-20-12-16(14-25)18(13-24-8-10-29-11-9-24)22(27)21(20)19(26)7-4-15-2-5-17(23)6-3-15/h2-7,12,25,27H,8-11,13-14H2,1H3. The molecule has 0 amide bonds. The molecule has 1 aliphatic heterocycles. The predicted octanol–water partition coefficient (Wildman–Crippen LogP) is 3.38. The molecule has 0 saturated carbocycles. The zero-order valence-electron chi connectivity index (χ0n) is 16.2. The molecule has 0 atom stereocenters. The Morgan fingerprint density at radius 3 is 2.59 bits per heavy atom. The average molecular weight is 462 g/mol. The highest BCUT2D eigenvalue weighted by molar-refractivity contribution is 9.10. The van der Waals surface area contributed by atoms with Crippen LogP contribution >= 0.6 is 15.9 Å². The number of aliphatic hydroxyl groups is 1. The average Bonchev–Trinajstić information content (AvgIpc) is 2.75. The van der Waals surface area contributed by atoms with Gasteiger partial charge >= 0.3 is 0 Å². The first-order valence-corrected chi connectivity index (χ1v) is 10.1. The Morgan fingerprint density at radius 2 is 1.97 bits per heavy atom. The number of morpholine rings is 1. The van der Waals surface area contributed by atoms with E-state index in [0.29, 0.717) is 30.9 Å². The summed E-state index contributed by atoms with van der Waals surface area (Å²) in [6.45, 7) is 2.85. The number of halogens is 1. The predicted molar refractivity (Wildman–Crippen MR) is 114 cm³/mol. The summed E-state index contributed by atoms with van der Waals surface area (Å²) in [7, 11) is 1.44. The van der Waals surface area contributed by atoms with Crippen LogP contribution < -0.4 is 4.74 Å². The number of rotatable bonds is 7. The number of phenols is 1. The number of allylic oxidation sites excluding steroid dienone is 1. The van der Waals surface area contributed by atoms with Crippen molar-refractivity contribution in [2.24, 2.45) is 0 Å². The second-order valence-corrected chi connectivity index (χ2v) is 7.65. The molecule has 2 N–H and O–H groups in total. The summed E-state index contributed by atoms with van der Waals surface area (Å²) < 4.78 is 11.7. The highest BCUT2D eigenvalue weighted by Crippen LogP contribution is 2.36. The van der Waals surface area contributed by atoms with Gasteiger partial charge in [0, 0.05) is 29.7 Å². The molecule has 7 heteroatoms. The van der Waals surface area contributed by atoms with E-state index in [-0.39, 0.29) is 29.5 Å². The van der Waals surface area contributed by atoms with Crippen LogP contribution in [0.15, 0.2) is 40.9 Å². The first-order chi connectivity index (χ1) is 14.0. The number of aliphatic hydroxyl groups excluding tert-OH is 1. The third-order valence-corrected chi connectivity index (χ3v) is 5.41. The van der Waals surface area contributed by atoms with E-state index in [0.717, 1.165) is 23.1 Å². The summed E-state index contributed by atoms with van der Waals surface area (Å²) in [4.78, 5) is 15.0. The van der Waals surface area contributed by atoms with Crippen LogP contribution in [0, 0.1) is 0 Å². The molecule has 2 aromatic rings. The van der Waals surface area contributed by atoms with Gasteiger partial charge in [-0.05, 0) is 35.4 Å². The molecule has 0 unspecified atom stereocenters. The van der Waals surface area contributed by atoms with Crippen molar-refractivity contribution in [2.75, 3.05) is 33.4 Å². The van der Waals surface area contributed by atoms with E-state index in [1.165, 1.54) is 13.2 Å². The van der Waals surface area contributed by atoms with Crippen LogP contribution in [-0.2, 0) is 17.9 Å². The zero-order chi connectivity index (χ0) is 20.8. The summed E-state index contributed by atoms with van der Waals surface area (Å²) in [5.41, 5.74) is 2.04. The van der Waals surface area contributed by atoms with E-state index in [1.807, 2.05) is 24.3 Å². The lowest BCUT2D eigenvalue weighted by molar-refractivity contribution is 0.0336. The third-order valence-electron chi connectivity index (χ3n) is 4.88.